The summed E-state index contributed by atoms with van der Waals surface area (Å²) in [6.45, 7) is 9.38. The Kier molecular flexibility index (Phi) is 26.9. The Labute approximate surface area is 659 Å². The number of urea groups is 2. The number of carbonyl (C=O) groups excluding carboxylic acids is 6. The van der Waals surface area contributed by atoms with Gasteiger partial charge in [-0.3, -0.25) is 57.7 Å². The monoisotopic (exact) mass is 1500 g/mol. The molecule has 0 radical (unpaired) electrons. The number of aryl methyl sites for hydroxylation is 6. The number of unbranched alkanes of at least 4 members (excludes halogenated alkanes) is 2. The third-order valence-corrected chi connectivity index (χ3v) is 20.4. The van der Waals surface area contributed by atoms with Gasteiger partial charge in [-0.05, 0) is 203 Å². The van der Waals surface area contributed by atoms with Crippen molar-refractivity contribution in [2.45, 2.75) is 105 Å². The molecule has 14 rings (SSSR count). The predicted molar refractivity (Wildman–Crippen MR) is 446 cm³/mol. The first-order valence-electron chi connectivity index (χ1n) is 38.5. The van der Waals surface area contributed by atoms with Gasteiger partial charge in [0.2, 0.25) is 5.88 Å². The Bertz CT molecular complexity index is 5300. The molecule has 3 aromatic heterocycles. The van der Waals surface area contributed by atoms with Gasteiger partial charge in [0.25, 0.3) is 29.2 Å². The molecule has 6 heterocycles. The van der Waals surface area contributed by atoms with Gasteiger partial charge in [-0.2, -0.15) is 0 Å². The first kappa shape index (κ1) is 79.2. The smallest absolute Gasteiger partial charge is 0.333 e. The molecule has 11 aromatic rings. The number of aliphatic imine (C=N–C) groups is 1. The maximum absolute atomic E-state index is 13.7. The fourth-order valence-corrected chi connectivity index (χ4v) is 14.4. The van der Waals surface area contributed by atoms with Crippen molar-refractivity contribution in [3.05, 3.63) is 377 Å². The third-order valence-electron chi connectivity index (χ3n) is 20.4. The van der Waals surface area contributed by atoms with E-state index in [2.05, 4.69) is 38.4 Å². The summed E-state index contributed by atoms with van der Waals surface area (Å²) in [4.78, 5) is 117. The van der Waals surface area contributed by atoms with Crippen LogP contribution in [0.3, 0.4) is 0 Å². The van der Waals surface area contributed by atoms with Crippen molar-refractivity contribution in [3.8, 4) is 17.3 Å². The molecule has 18 nitrogen and oxygen atoms in total. The Hall–Kier alpha value is -13.4. The second-order valence-electron chi connectivity index (χ2n) is 28.2. The Morgan fingerprint density at radius 3 is 0.991 bits per heavy atom. The predicted octanol–water partition coefficient (Wildman–Crippen LogP) is 16.3. The molecule has 3 aliphatic heterocycles. The number of amides is 8. The van der Waals surface area contributed by atoms with E-state index in [0.717, 1.165) is 93.2 Å². The van der Waals surface area contributed by atoms with Gasteiger partial charge in [0.1, 0.15) is 16.7 Å². The SMILES string of the molecule is Cc1cc(C=C2C(=O)N(CCCCc3ccccc3)C(=O)N(CCCCc3ccccc3)C2=O)c(C)n1-c1ccccc1.Cc1cc(C=C2C(=O)N(CCc3ccccc3)C(=O)N(CCc3ccccc3)C2=O)c(C)n1-c1ccccc1.O=c1c(C=C2C=CC=N2)c(O)n(CCc2ccccc2)c(=O)n1CCc1ccccc1. The average Bonchev–Trinajstić information content (AvgIpc) is 1.62. The Morgan fingerprint density at radius 2 is 0.655 bits per heavy atom. The van der Waals surface area contributed by atoms with Crippen LogP contribution in [-0.4, -0.2) is 111 Å². The lowest BCUT2D eigenvalue weighted by Crippen LogP contribution is -2.57. The van der Waals surface area contributed by atoms with E-state index < -0.39 is 46.9 Å². The number of carbonyl (C=O) groups is 6. The molecular weight excluding hydrogens is 1410 g/mol. The van der Waals surface area contributed by atoms with Gasteiger partial charge in [0.05, 0.1) is 5.70 Å². The van der Waals surface area contributed by atoms with E-state index in [0.29, 0.717) is 44.2 Å². The summed E-state index contributed by atoms with van der Waals surface area (Å²) in [5, 5.41) is 10.8. The zero-order valence-corrected chi connectivity index (χ0v) is 64.3. The molecule has 0 spiro atoms. The summed E-state index contributed by atoms with van der Waals surface area (Å²) in [5.74, 6) is -2.47. The zero-order chi connectivity index (χ0) is 79.2. The number of para-hydroxylation sites is 2. The summed E-state index contributed by atoms with van der Waals surface area (Å²) in [6, 6.07) is 82.0. The first-order chi connectivity index (χ1) is 55.0. The second kappa shape index (κ2) is 38.3. The summed E-state index contributed by atoms with van der Waals surface area (Å²) in [7, 11) is 0. The van der Waals surface area contributed by atoms with Crippen LogP contribution in [0.4, 0.5) is 9.59 Å². The molecule has 572 valence electrons. The second-order valence-corrected chi connectivity index (χ2v) is 28.2. The van der Waals surface area contributed by atoms with Crippen molar-refractivity contribution >= 4 is 60.1 Å². The highest BCUT2D eigenvalue weighted by molar-refractivity contribution is 6.32. The summed E-state index contributed by atoms with van der Waals surface area (Å²) in [5.41, 5.74) is 13.6. The average molecular weight is 1500 g/mol. The van der Waals surface area contributed by atoms with Crippen LogP contribution >= 0.6 is 0 Å². The van der Waals surface area contributed by atoms with Gasteiger partial charge in [0.15, 0.2) is 0 Å². The van der Waals surface area contributed by atoms with Crippen LogP contribution in [0.5, 0.6) is 5.88 Å². The number of hydrogen-bond donors (Lipinski definition) is 1. The van der Waals surface area contributed by atoms with Gasteiger partial charge >= 0.3 is 17.8 Å². The molecule has 113 heavy (non-hydrogen) atoms. The van der Waals surface area contributed by atoms with E-state index in [9.17, 15) is 43.5 Å². The largest absolute Gasteiger partial charge is 0.494 e. The highest BCUT2D eigenvalue weighted by atomic mass is 16.3. The molecule has 1 N–H and O–H groups in total. The van der Waals surface area contributed by atoms with Crippen molar-refractivity contribution in [2.75, 3.05) is 26.2 Å². The molecular formula is C95H93N9O9. The molecule has 2 saturated heterocycles. The summed E-state index contributed by atoms with van der Waals surface area (Å²) in [6.07, 6.45) is 16.8. The van der Waals surface area contributed by atoms with Crippen molar-refractivity contribution in [2.24, 2.45) is 4.99 Å². The number of aromatic nitrogens is 4. The lowest BCUT2D eigenvalue weighted by atomic mass is 10.0. The third kappa shape index (κ3) is 19.8. The molecule has 0 unspecified atom stereocenters. The molecule has 3 aliphatic rings. The van der Waals surface area contributed by atoms with Crippen LogP contribution in [0, 0.1) is 27.7 Å². The van der Waals surface area contributed by atoms with Crippen LogP contribution in [0.1, 0.15) is 98.5 Å². The molecule has 0 aliphatic carbocycles. The zero-order valence-electron chi connectivity index (χ0n) is 64.3. The van der Waals surface area contributed by atoms with E-state index >= 15 is 0 Å². The van der Waals surface area contributed by atoms with E-state index in [1.165, 1.54) is 45.9 Å². The number of hydrogen-bond acceptors (Lipinski definition) is 10. The van der Waals surface area contributed by atoms with Crippen molar-refractivity contribution in [1.29, 1.82) is 0 Å². The molecule has 18 heteroatoms. The number of benzene rings is 8. The minimum atomic E-state index is -0.566. The van der Waals surface area contributed by atoms with Gasteiger partial charge < -0.3 is 14.2 Å². The number of aromatic hydroxyl groups is 1. The van der Waals surface area contributed by atoms with Crippen molar-refractivity contribution in [3.63, 3.8) is 0 Å². The summed E-state index contributed by atoms with van der Waals surface area (Å²) < 4.78 is 6.67. The van der Waals surface area contributed by atoms with Gasteiger partial charge in [-0.25, -0.2) is 14.4 Å². The van der Waals surface area contributed by atoms with Crippen LogP contribution in [0.15, 0.2) is 298 Å². The maximum atomic E-state index is 13.7. The lowest BCUT2D eigenvalue weighted by Gasteiger charge is -2.34. The first-order valence-corrected chi connectivity index (χ1v) is 38.5. The quantitative estimate of drug-likeness (QED) is 0.0295. The Morgan fingerprint density at radius 1 is 0.345 bits per heavy atom. The van der Waals surface area contributed by atoms with Gasteiger partial charge in [0, 0.05) is 79.6 Å². The number of imide groups is 4. The minimum absolute atomic E-state index is 0.00374. The number of rotatable bonds is 27. The van der Waals surface area contributed by atoms with Crippen LogP contribution < -0.4 is 11.2 Å². The van der Waals surface area contributed by atoms with Crippen LogP contribution in [0.25, 0.3) is 29.6 Å². The lowest BCUT2D eigenvalue weighted by molar-refractivity contribution is -0.137. The minimum Gasteiger partial charge on any atom is -0.494 e. The normalized spacial score (nSPS) is 13.8. The summed E-state index contributed by atoms with van der Waals surface area (Å²) >= 11 is 0. The van der Waals surface area contributed by atoms with E-state index in [1.807, 2.05) is 258 Å². The Balaban J connectivity index is 0.000000159. The maximum Gasteiger partial charge on any atom is 0.333 e. The van der Waals surface area contributed by atoms with Gasteiger partial charge in [-0.15, -0.1) is 0 Å². The van der Waals surface area contributed by atoms with Gasteiger partial charge in [-0.1, -0.05) is 218 Å². The molecule has 0 atom stereocenters. The number of barbiturate groups is 2. The number of nitrogens with zero attached hydrogens (tertiary/aromatic N) is 9. The van der Waals surface area contributed by atoms with E-state index in [-0.39, 0.29) is 61.9 Å². The molecule has 8 amide bonds. The molecule has 0 bridgehead atoms. The highest BCUT2D eigenvalue weighted by Crippen LogP contribution is 2.30. The topological polar surface area (TPSA) is 202 Å². The van der Waals surface area contributed by atoms with Crippen molar-refractivity contribution in [1.82, 2.24) is 37.9 Å². The van der Waals surface area contributed by atoms with E-state index in [1.54, 1.807) is 30.5 Å². The van der Waals surface area contributed by atoms with Crippen LogP contribution in [0.2, 0.25) is 0 Å². The van der Waals surface area contributed by atoms with Crippen LogP contribution in [-0.2, 0) is 70.8 Å². The fourth-order valence-electron chi connectivity index (χ4n) is 14.4. The number of allylic oxidation sites excluding steroid dienone is 2. The van der Waals surface area contributed by atoms with Crippen molar-refractivity contribution < 1.29 is 33.9 Å². The molecule has 8 aromatic carbocycles. The molecule has 0 saturated carbocycles. The molecule has 2 fully saturated rings. The van der Waals surface area contributed by atoms with E-state index in [4.69, 9.17) is 0 Å². The highest BCUT2D eigenvalue weighted by Gasteiger charge is 2.43. The fraction of sp³-hybridized carbons (Fsp3) is 0.211. The standard InChI is InChI=1S/C37H39N3O3.C33H31N3O3.C25H23N3O3/c1-28-26-32(29(2)40(28)33-22-10-5-11-23-33)27-34-35(41)38(24-14-12-20-30-16-6-3-7-17-30)37(43)39(36(34)42)25-15-13-21-31-18-8-4-9-19-31;1-24-22-28(25(2)36(24)29-16-10-5-11-17-29)23-30-31(37)34(20-18-26-12-6-3-7-13-26)33(39)35(32(30)38)21-19-27-14-8-4-9-15-27;29-23-22(18-21-12-7-15-26-21)24(30)28(17-14-20-10-5-2-6-11-20)25(31)27(23)16-13-19-8-3-1-4-9-19/h3-11,16-19,22-23,26-27H,12-15,20-21,24-25H2,1-2H3;3-17,22-23H,18-21H2,1-2H3;1-12,15,18,29H,13-14,16-17H2.